The Balaban J connectivity index is 1.81. The van der Waals surface area contributed by atoms with Crippen molar-refractivity contribution in [3.63, 3.8) is 0 Å². The van der Waals surface area contributed by atoms with Crippen LogP contribution >= 0.6 is 11.6 Å². The van der Waals surface area contributed by atoms with Gasteiger partial charge in [0.15, 0.2) is 0 Å². The molecule has 0 unspecified atom stereocenters. The first-order valence-electron chi connectivity index (χ1n) is 6.44. The minimum atomic E-state index is -0.0606. The van der Waals surface area contributed by atoms with Gasteiger partial charge in [0.1, 0.15) is 0 Å². The lowest BCUT2D eigenvalue weighted by molar-refractivity contribution is 0.0778. The molecule has 2 aromatic rings. The van der Waals surface area contributed by atoms with E-state index in [4.69, 9.17) is 11.6 Å². The normalized spacial score (nSPS) is 14.2. The van der Waals surface area contributed by atoms with Crippen molar-refractivity contribution in [2.75, 3.05) is 6.54 Å². The summed E-state index contributed by atoms with van der Waals surface area (Å²) >= 11 is 5.87. The molecule has 100 valence electrons. The zero-order chi connectivity index (χ0) is 13.9. The van der Waals surface area contributed by atoms with Gasteiger partial charge in [0.25, 0.3) is 5.91 Å². The van der Waals surface area contributed by atoms with E-state index in [0.717, 1.165) is 17.7 Å². The Kier molecular flexibility index (Phi) is 3.52. The van der Waals surface area contributed by atoms with Gasteiger partial charge in [-0.3, -0.25) is 4.79 Å². The van der Waals surface area contributed by atoms with Gasteiger partial charge in [-0.1, -0.05) is 41.9 Å². The summed E-state index contributed by atoms with van der Waals surface area (Å²) in [5.41, 5.74) is 2.59. The number of carbonyl (C=O) groups excluding carboxylic acids is 1. The molecule has 0 aliphatic carbocycles. The van der Waals surface area contributed by atoms with E-state index in [0.29, 0.717) is 17.1 Å². The van der Waals surface area contributed by atoms with Gasteiger partial charge in [-0.05, 0) is 29.8 Å². The van der Waals surface area contributed by atoms with E-state index in [9.17, 15) is 4.79 Å². The first-order chi connectivity index (χ1) is 9.74. The molecule has 0 aromatic heterocycles. The second-order valence-electron chi connectivity index (χ2n) is 4.60. The lowest BCUT2D eigenvalue weighted by atomic mass is 10.1. The maximum Gasteiger partial charge on any atom is 0.273 e. The van der Waals surface area contributed by atoms with Crippen LogP contribution in [0.1, 0.15) is 22.3 Å². The number of amides is 1. The van der Waals surface area contributed by atoms with Gasteiger partial charge in [-0.15, -0.1) is 0 Å². The van der Waals surface area contributed by atoms with E-state index >= 15 is 0 Å². The van der Waals surface area contributed by atoms with Crippen molar-refractivity contribution in [2.45, 2.75) is 6.42 Å². The number of hydrogen-bond acceptors (Lipinski definition) is 2. The monoisotopic (exact) mass is 284 g/mol. The van der Waals surface area contributed by atoms with E-state index in [1.807, 2.05) is 42.5 Å². The fraction of sp³-hybridized carbons (Fsp3) is 0.125. The van der Waals surface area contributed by atoms with Gasteiger partial charge < -0.3 is 0 Å². The van der Waals surface area contributed by atoms with Crippen LogP contribution in [0.5, 0.6) is 0 Å². The van der Waals surface area contributed by atoms with Gasteiger partial charge in [0.2, 0.25) is 0 Å². The second kappa shape index (κ2) is 5.47. The maximum atomic E-state index is 12.3. The van der Waals surface area contributed by atoms with E-state index in [1.54, 1.807) is 12.1 Å². The lowest BCUT2D eigenvalue weighted by Crippen LogP contribution is -2.23. The molecule has 4 heteroatoms. The molecule has 3 rings (SSSR count). The van der Waals surface area contributed by atoms with Crippen LogP contribution in [0.2, 0.25) is 5.02 Å². The Hall–Kier alpha value is -2.13. The molecule has 0 bridgehead atoms. The van der Waals surface area contributed by atoms with E-state index in [1.165, 1.54) is 5.01 Å². The maximum absolute atomic E-state index is 12.3. The van der Waals surface area contributed by atoms with Crippen LogP contribution in [-0.4, -0.2) is 23.2 Å². The van der Waals surface area contributed by atoms with E-state index < -0.39 is 0 Å². The van der Waals surface area contributed by atoms with E-state index in [2.05, 4.69) is 5.10 Å². The van der Waals surface area contributed by atoms with Crippen molar-refractivity contribution in [2.24, 2.45) is 5.10 Å². The van der Waals surface area contributed by atoms with Gasteiger partial charge in [0.05, 0.1) is 12.3 Å². The summed E-state index contributed by atoms with van der Waals surface area (Å²) in [5, 5.41) is 6.65. The highest BCUT2D eigenvalue weighted by molar-refractivity contribution is 6.30. The molecule has 2 aromatic carbocycles. The first kappa shape index (κ1) is 12.9. The summed E-state index contributed by atoms with van der Waals surface area (Å²) in [4.78, 5) is 12.3. The molecule has 1 aliphatic heterocycles. The Labute approximate surface area is 122 Å². The summed E-state index contributed by atoms with van der Waals surface area (Å²) in [5.74, 6) is -0.0606. The predicted molar refractivity (Wildman–Crippen MR) is 80.1 cm³/mol. The van der Waals surface area contributed by atoms with Crippen molar-refractivity contribution in [1.29, 1.82) is 0 Å². The predicted octanol–water partition coefficient (Wildman–Crippen LogP) is 3.59. The highest BCUT2D eigenvalue weighted by Gasteiger charge is 2.22. The number of rotatable bonds is 2. The molecule has 0 fully saturated rings. The number of halogens is 1. The molecule has 20 heavy (non-hydrogen) atoms. The third-order valence-electron chi connectivity index (χ3n) is 3.23. The summed E-state index contributed by atoms with van der Waals surface area (Å²) in [6.07, 6.45) is 0.764. The Morgan fingerprint density at radius 1 is 1.05 bits per heavy atom. The Morgan fingerprint density at radius 3 is 2.45 bits per heavy atom. The molecule has 0 atom stereocenters. The fourth-order valence-corrected chi connectivity index (χ4v) is 2.30. The minimum Gasteiger partial charge on any atom is -0.267 e. The van der Waals surface area contributed by atoms with Crippen LogP contribution in [0.25, 0.3) is 0 Å². The smallest absolute Gasteiger partial charge is 0.267 e. The van der Waals surface area contributed by atoms with Crippen molar-refractivity contribution in [3.8, 4) is 0 Å². The lowest BCUT2D eigenvalue weighted by Gasteiger charge is -2.10. The number of benzene rings is 2. The van der Waals surface area contributed by atoms with Crippen molar-refractivity contribution < 1.29 is 4.79 Å². The average Bonchev–Trinajstić information content (AvgIpc) is 2.98. The Bertz CT molecular complexity index is 650. The van der Waals surface area contributed by atoms with Crippen LogP contribution in [0, 0.1) is 0 Å². The number of carbonyl (C=O) groups is 1. The molecule has 3 nitrogen and oxygen atoms in total. The van der Waals surface area contributed by atoms with Crippen molar-refractivity contribution in [3.05, 3.63) is 70.7 Å². The van der Waals surface area contributed by atoms with Crippen LogP contribution in [0.3, 0.4) is 0 Å². The SMILES string of the molecule is O=C(c1ccccc1)N1CCC(c2ccc(Cl)cc2)=N1. The third-order valence-corrected chi connectivity index (χ3v) is 3.49. The summed E-state index contributed by atoms with van der Waals surface area (Å²) in [6, 6.07) is 16.7. The molecular formula is C16H13ClN2O. The Morgan fingerprint density at radius 2 is 1.75 bits per heavy atom. The first-order valence-corrected chi connectivity index (χ1v) is 6.82. The number of hydrogen-bond donors (Lipinski definition) is 0. The summed E-state index contributed by atoms with van der Waals surface area (Å²) < 4.78 is 0. The third kappa shape index (κ3) is 2.58. The summed E-state index contributed by atoms with van der Waals surface area (Å²) in [6.45, 7) is 0.617. The number of hydrazone groups is 1. The topological polar surface area (TPSA) is 32.7 Å². The van der Waals surface area contributed by atoms with Crippen LogP contribution in [-0.2, 0) is 0 Å². The minimum absolute atomic E-state index is 0.0606. The quantitative estimate of drug-likeness (QED) is 0.829. The summed E-state index contributed by atoms with van der Waals surface area (Å²) in [7, 11) is 0. The molecule has 0 saturated heterocycles. The van der Waals surface area contributed by atoms with Crippen LogP contribution < -0.4 is 0 Å². The van der Waals surface area contributed by atoms with Gasteiger partial charge in [-0.25, -0.2) is 5.01 Å². The highest BCUT2D eigenvalue weighted by Crippen LogP contribution is 2.18. The molecule has 0 radical (unpaired) electrons. The zero-order valence-electron chi connectivity index (χ0n) is 10.8. The van der Waals surface area contributed by atoms with Crippen molar-refractivity contribution >= 4 is 23.2 Å². The fourth-order valence-electron chi connectivity index (χ4n) is 2.18. The molecule has 0 spiro atoms. The van der Waals surface area contributed by atoms with Gasteiger partial charge in [-0.2, -0.15) is 5.10 Å². The molecule has 0 N–H and O–H groups in total. The molecule has 1 heterocycles. The van der Waals surface area contributed by atoms with E-state index in [-0.39, 0.29) is 5.91 Å². The molecular weight excluding hydrogens is 272 g/mol. The average molecular weight is 285 g/mol. The van der Waals surface area contributed by atoms with Crippen LogP contribution in [0.4, 0.5) is 0 Å². The molecule has 0 saturated carbocycles. The van der Waals surface area contributed by atoms with Gasteiger partial charge in [0, 0.05) is 17.0 Å². The van der Waals surface area contributed by atoms with Crippen molar-refractivity contribution in [1.82, 2.24) is 5.01 Å². The molecule has 1 aliphatic rings. The van der Waals surface area contributed by atoms with Crippen LogP contribution in [0.15, 0.2) is 59.7 Å². The standard InChI is InChI=1S/C16H13ClN2O/c17-14-8-6-12(7-9-14)15-10-11-19(18-15)16(20)13-4-2-1-3-5-13/h1-9H,10-11H2. The number of nitrogens with zero attached hydrogens (tertiary/aromatic N) is 2. The molecule has 1 amide bonds. The zero-order valence-corrected chi connectivity index (χ0v) is 11.5. The highest BCUT2D eigenvalue weighted by atomic mass is 35.5. The van der Waals surface area contributed by atoms with Gasteiger partial charge >= 0.3 is 0 Å². The largest absolute Gasteiger partial charge is 0.273 e. The second-order valence-corrected chi connectivity index (χ2v) is 5.03.